The predicted molar refractivity (Wildman–Crippen MR) is 78.7 cm³/mol. The SMILES string of the molecule is C=C(C)COCCNCc1cnn(-c2ccccc2)n1. The Kier molecular flexibility index (Phi) is 5.46. The van der Waals surface area contributed by atoms with Crippen LogP contribution in [-0.2, 0) is 11.3 Å². The highest BCUT2D eigenvalue weighted by Crippen LogP contribution is 2.03. The van der Waals surface area contributed by atoms with Crippen molar-refractivity contribution in [3.8, 4) is 5.69 Å². The quantitative estimate of drug-likeness (QED) is 0.589. The van der Waals surface area contributed by atoms with E-state index in [9.17, 15) is 0 Å². The largest absolute Gasteiger partial charge is 0.376 e. The van der Waals surface area contributed by atoms with Crippen LogP contribution in [0.2, 0.25) is 0 Å². The Morgan fingerprint density at radius 1 is 1.35 bits per heavy atom. The van der Waals surface area contributed by atoms with Crippen LogP contribution >= 0.6 is 0 Å². The standard InChI is InChI=1S/C15H20N4O/c1-13(2)12-20-9-8-16-10-14-11-17-19(18-14)15-6-4-3-5-7-15/h3-7,11,16H,1,8-10,12H2,2H3. The van der Waals surface area contributed by atoms with Gasteiger partial charge in [-0.3, -0.25) is 0 Å². The minimum absolute atomic E-state index is 0.617. The van der Waals surface area contributed by atoms with Gasteiger partial charge < -0.3 is 10.1 Å². The first-order valence-electron chi connectivity index (χ1n) is 6.65. The molecule has 0 spiro atoms. The summed E-state index contributed by atoms with van der Waals surface area (Å²) in [5, 5.41) is 11.9. The first-order valence-corrected chi connectivity index (χ1v) is 6.65. The Hall–Kier alpha value is -1.98. The van der Waals surface area contributed by atoms with Crippen molar-refractivity contribution < 1.29 is 4.74 Å². The average molecular weight is 272 g/mol. The third kappa shape index (κ3) is 4.60. The summed E-state index contributed by atoms with van der Waals surface area (Å²) >= 11 is 0. The maximum Gasteiger partial charge on any atom is 0.0969 e. The lowest BCUT2D eigenvalue weighted by Crippen LogP contribution is -2.20. The van der Waals surface area contributed by atoms with E-state index >= 15 is 0 Å². The number of hydrogen-bond acceptors (Lipinski definition) is 4. The van der Waals surface area contributed by atoms with Crippen LogP contribution < -0.4 is 5.32 Å². The molecular weight excluding hydrogens is 252 g/mol. The molecule has 2 rings (SSSR count). The molecule has 1 heterocycles. The first kappa shape index (κ1) is 14.4. The van der Waals surface area contributed by atoms with Crippen molar-refractivity contribution in [2.75, 3.05) is 19.8 Å². The van der Waals surface area contributed by atoms with Crippen molar-refractivity contribution in [2.45, 2.75) is 13.5 Å². The highest BCUT2D eigenvalue weighted by molar-refractivity contribution is 5.28. The van der Waals surface area contributed by atoms with Gasteiger partial charge in [-0.2, -0.15) is 15.0 Å². The minimum Gasteiger partial charge on any atom is -0.376 e. The molecule has 0 saturated heterocycles. The molecule has 1 aromatic heterocycles. The molecule has 0 radical (unpaired) electrons. The summed E-state index contributed by atoms with van der Waals surface area (Å²) < 4.78 is 5.40. The first-order chi connectivity index (χ1) is 9.75. The Morgan fingerprint density at radius 2 is 2.15 bits per heavy atom. The summed E-state index contributed by atoms with van der Waals surface area (Å²) in [6, 6.07) is 9.86. The summed E-state index contributed by atoms with van der Waals surface area (Å²) in [6.45, 7) is 8.49. The number of para-hydroxylation sites is 1. The van der Waals surface area contributed by atoms with Crippen LogP contribution in [0.5, 0.6) is 0 Å². The summed E-state index contributed by atoms with van der Waals surface area (Å²) in [6.07, 6.45) is 1.77. The van der Waals surface area contributed by atoms with Crippen molar-refractivity contribution >= 4 is 0 Å². The van der Waals surface area contributed by atoms with Gasteiger partial charge in [-0.15, -0.1) is 0 Å². The zero-order valence-corrected chi connectivity index (χ0v) is 11.7. The van der Waals surface area contributed by atoms with Crippen molar-refractivity contribution in [2.24, 2.45) is 0 Å². The third-order valence-corrected chi connectivity index (χ3v) is 2.60. The molecule has 0 amide bonds. The molecule has 106 valence electrons. The van der Waals surface area contributed by atoms with E-state index in [0.717, 1.165) is 23.5 Å². The smallest absolute Gasteiger partial charge is 0.0969 e. The molecule has 0 fully saturated rings. The zero-order valence-electron chi connectivity index (χ0n) is 11.7. The molecule has 0 aliphatic rings. The number of aromatic nitrogens is 3. The van der Waals surface area contributed by atoms with E-state index < -0.39 is 0 Å². The van der Waals surface area contributed by atoms with Crippen molar-refractivity contribution in [3.63, 3.8) is 0 Å². The van der Waals surface area contributed by atoms with Crippen molar-refractivity contribution in [3.05, 3.63) is 54.4 Å². The average Bonchev–Trinajstić information content (AvgIpc) is 2.92. The van der Waals surface area contributed by atoms with E-state index in [2.05, 4.69) is 22.1 Å². The molecular formula is C15H20N4O. The highest BCUT2D eigenvalue weighted by atomic mass is 16.5. The van der Waals surface area contributed by atoms with Gasteiger partial charge in [0.1, 0.15) is 0 Å². The van der Waals surface area contributed by atoms with Gasteiger partial charge in [0.2, 0.25) is 0 Å². The fraction of sp³-hybridized carbons (Fsp3) is 0.333. The Bertz CT molecular complexity index is 536. The summed E-state index contributed by atoms with van der Waals surface area (Å²) in [7, 11) is 0. The van der Waals surface area contributed by atoms with Gasteiger partial charge >= 0.3 is 0 Å². The molecule has 0 aliphatic heterocycles. The van der Waals surface area contributed by atoms with E-state index in [1.165, 1.54) is 0 Å². The van der Waals surface area contributed by atoms with Crippen LogP contribution in [0.25, 0.3) is 5.69 Å². The number of nitrogens with one attached hydrogen (secondary N) is 1. The minimum atomic E-state index is 0.617. The monoisotopic (exact) mass is 272 g/mol. The maximum absolute atomic E-state index is 5.40. The molecule has 0 saturated carbocycles. The molecule has 5 nitrogen and oxygen atoms in total. The van der Waals surface area contributed by atoms with Crippen LogP contribution in [-0.4, -0.2) is 34.8 Å². The summed E-state index contributed by atoms with van der Waals surface area (Å²) in [4.78, 5) is 1.63. The summed E-state index contributed by atoms with van der Waals surface area (Å²) in [5.74, 6) is 0. The van der Waals surface area contributed by atoms with E-state index in [0.29, 0.717) is 19.8 Å². The molecule has 0 unspecified atom stereocenters. The van der Waals surface area contributed by atoms with Crippen LogP contribution in [0.1, 0.15) is 12.6 Å². The molecule has 0 bridgehead atoms. The van der Waals surface area contributed by atoms with Gasteiger partial charge in [0, 0.05) is 13.1 Å². The van der Waals surface area contributed by atoms with Gasteiger partial charge in [0.05, 0.1) is 30.8 Å². The maximum atomic E-state index is 5.40. The van der Waals surface area contributed by atoms with Gasteiger partial charge in [-0.1, -0.05) is 30.4 Å². The van der Waals surface area contributed by atoms with Crippen molar-refractivity contribution in [1.82, 2.24) is 20.3 Å². The van der Waals surface area contributed by atoms with Crippen molar-refractivity contribution in [1.29, 1.82) is 0 Å². The second-order valence-corrected chi connectivity index (χ2v) is 4.65. The Morgan fingerprint density at radius 3 is 2.90 bits per heavy atom. The number of benzene rings is 1. The van der Waals surface area contributed by atoms with Crippen LogP contribution in [0.3, 0.4) is 0 Å². The lowest BCUT2D eigenvalue weighted by atomic mass is 10.3. The lowest BCUT2D eigenvalue weighted by Gasteiger charge is -2.04. The fourth-order valence-electron chi connectivity index (χ4n) is 1.67. The van der Waals surface area contributed by atoms with E-state index in [1.54, 1.807) is 11.0 Å². The van der Waals surface area contributed by atoms with Gasteiger partial charge in [-0.25, -0.2) is 0 Å². The molecule has 1 N–H and O–H groups in total. The second kappa shape index (κ2) is 7.57. The lowest BCUT2D eigenvalue weighted by molar-refractivity contribution is 0.157. The zero-order chi connectivity index (χ0) is 14.2. The molecule has 0 aliphatic carbocycles. The molecule has 2 aromatic rings. The second-order valence-electron chi connectivity index (χ2n) is 4.65. The van der Waals surface area contributed by atoms with E-state index in [-0.39, 0.29) is 0 Å². The van der Waals surface area contributed by atoms with Crippen LogP contribution in [0.15, 0.2) is 48.7 Å². The number of rotatable bonds is 8. The Labute approximate surface area is 119 Å². The summed E-state index contributed by atoms with van der Waals surface area (Å²) in [5.41, 5.74) is 2.91. The van der Waals surface area contributed by atoms with Crippen LogP contribution in [0.4, 0.5) is 0 Å². The molecule has 20 heavy (non-hydrogen) atoms. The normalized spacial score (nSPS) is 10.7. The van der Waals surface area contributed by atoms with Gasteiger partial charge in [-0.05, 0) is 19.1 Å². The van der Waals surface area contributed by atoms with E-state index in [4.69, 9.17) is 4.74 Å². The molecule has 1 aromatic carbocycles. The third-order valence-electron chi connectivity index (χ3n) is 2.60. The predicted octanol–water partition coefficient (Wildman–Crippen LogP) is 1.95. The van der Waals surface area contributed by atoms with E-state index in [1.807, 2.05) is 37.3 Å². The van der Waals surface area contributed by atoms with Gasteiger partial charge in [0.15, 0.2) is 0 Å². The number of nitrogens with zero attached hydrogens (tertiary/aromatic N) is 3. The topological polar surface area (TPSA) is 52.0 Å². The Balaban J connectivity index is 1.72. The number of ether oxygens (including phenoxy) is 1. The van der Waals surface area contributed by atoms with Gasteiger partial charge in [0.25, 0.3) is 0 Å². The molecule has 5 heteroatoms. The highest BCUT2D eigenvalue weighted by Gasteiger charge is 2.01. The fourth-order valence-corrected chi connectivity index (χ4v) is 1.67. The molecule has 0 atom stereocenters. The van der Waals surface area contributed by atoms with Crippen LogP contribution in [0, 0.1) is 0 Å². The number of hydrogen-bond donors (Lipinski definition) is 1.